The van der Waals surface area contributed by atoms with Crippen LogP contribution in [0.25, 0.3) is 0 Å². The molecule has 3 aromatic carbocycles. The highest BCUT2D eigenvalue weighted by Crippen LogP contribution is 2.46. The standard InChI is InChI=1S/C27H25F3N2O3S/c28-22-9-5-4-8-21(22)27(32-26(36)31-25(34)18-6-2-1-3-7-18)14-20(13-19(27)15-33)35-16-17-10-11-23(29)24(30)12-17/h1-12,19-20,33H,13-16H2,(H2,31,32,34,36)/t19-,20-,27-/m0/s1. The number of rotatable bonds is 7. The zero-order valence-electron chi connectivity index (χ0n) is 19.2. The van der Waals surface area contributed by atoms with Crippen molar-refractivity contribution < 1.29 is 27.8 Å². The summed E-state index contributed by atoms with van der Waals surface area (Å²) in [6, 6.07) is 18.2. The number of nitrogens with one attached hydrogen (secondary N) is 2. The average Bonchev–Trinajstić information content (AvgIpc) is 3.23. The quantitative estimate of drug-likeness (QED) is 0.403. The van der Waals surface area contributed by atoms with E-state index in [1.807, 2.05) is 0 Å². The van der Waals surface area contributed by atoms with Gasteiger partial charge in [0.2, 0.25) is 0 Å². The minimum atomic E-state index is -1.18. The van der Waals surface area contributed by atoms with Gasteiger partial charge in [-0.05, 0) is 54.5 Å². The van der Waals surface area contributed by atoms with E-state index < -0.39 is 40.9 Å². The van der Waals surface area contributed by atoms with Gasteiger partial charge in [-0.1, -0.05) is 42.5 Å². The molecule has 188 valence electrons. The van der Waals surface area contributed by atoms with Gasteiger partial charge in [0.15, 0.2) is 16.7 Å². The second-order valence-electron chi connectivity index (χ2n) is 8.73. The van der Waals surface area contributed by atoms with Crippen LogP contribution in [0.3, 0.4) is 0 Å². The Hall–Kier alpha value is -3.27. The first-order valence-corrected chi connectivity index (χ1v) is 11.8. The number of hydrogen-bond donors (Lipinski definition) is 3. The summed E-state index contributed by atoms with van der Waals surface area (Å²) < 4.78 is 47.9. The van der Waals surface area contributed by atoms with Crippen molar-refractivity contribution in [3.63, 3.8) is 0 Å². The molecule has 3 atom stereocenters. The highest BCUT2D eigenvalue weighted by atomic mass is 32.1. The number of hydrogen-bond acceptors (Lipinski definition) is 4. The Kier molecular flexibility index (Phi) is 8.03. The maximum atomic E-state index is 15.1. The Morgan fingerprint density at radius 1 is 1.00 bits per heavy atom. The van der Waals surface area contributed by atoms with E-state index in [4.69, 9.17) is 17.0 Å². The van der Waals surface area contributed by atoms with Crippen LogP contribution < -0.4 is 10.6 Å². The molecule has 1 aliphatic rings. The number of aliphatic hydroxyl groups excluding tert-OH is 1. The van der Waals surface area contributed by atoms with Crippen LogP contribution >= 0.6 is 12.2 Å². The van der Waals surface area contributed by atoms with Crippen molar-refractivity contribution in [2.24, 2.45) is 5.92 Å². The molecular weight excluding hydrogens is 489 g/mol. The third kappa shape index (κ3) is 5.59. The molecule has 1 fully saturated rings. The van der Waals surface area contributed by atoms with E-state index in [0.717, 1.165) is 12.1 Å². The SMILES string of the molecule is O=C(NC(=S)N[C@@]1(c2ccccc2F)C[C@@H](OCc2ccc(F)c(F)c2)C[C@H]1CO)c1ccccc1. The van der Waals surface area contributed by atoms with Crippen molar-refractivity contribution in [1.82, 2.24) is 10.6 Å². The topological polar surface area (TPSA) is 70.6 Å². The summed E-state index contributed by atoms with van der Waals surface area (Å²) in [6.07, 6.45) is 0.0935. The fourth-order valence-corrected chi connectivity index (χ4v) is 4.98. The van der Waals surface area contributed by atoms with Gasteiger partial charge in [0, 0.05) is 30.1 Å². The van der Waals surface area contributed by atoms with E-state index in [-0.39, 0.29) is 30.3 Å². The predicted octanol–water partition coefficient (Wildman–Crippen LogP) is 4.59. The zero-order valence-corrected chi connectivity index (χ0v) is 20.0. The molecule has 9 heteroatoms. The maximum absolute atomic E-state index is 15.1. The number of carbonyl (C=O) groups is 1. The van der Waals surface area contributed by atoms with E-state index in [1.165, 1.54) is 12.1 Å². The van der Waals surface area contributed by atoms with Crippen molar-refractivity contribution in [1.29, 1.82) is 0 Å². The van der Waals surface area contributed by atoms with E-state index in [2.05, 4.69) is 10.6 Å². The van der Waals surface area contributed by atoms with Crippen LogP contribution in [-0.2, 0) is 16.9 Å². The van der Waals surface area contributed by atoms with Gasteiger partial charge in [0.1, 0.15) is 5.82 Å². The summed E-state index contributed by atoms with van der Waals surface area (Å²) in [5.74, 6) is -3.37. The van der Waals surface area contributed by atoms with Crippen molar-refractivity contribution in [3.8, 4) is 0 Å². The van der Waals surface area contributed by atoms with Crippen molar-refractivity contribution in [2.75, 3.05) is 6.61 Å². The van der Waals surface area contributed by atoms with Gasteiger partial charge < -0.3 is 15.2 Å². The third-order valence-corrected chi connectivity index (χ3v) is 6.64. The minimum Gasteiger partial charge on any atom is -0.396 e. The molecular formula is C27H25F3N2O3S. The lowest BCUT2D eigenvalue weighted by Crippen LogP contribution is -2.54. The first kappa shape index (κ1) is 25.8. The smallest absolute Gasteiger partial charge is 0.257 e. The largest absolute Gasteiger partial charge is 0.396 e. The molecule has 0 aromatic heterocycles. The van der Waals surface area contributed by atoms with Gasteiger partial charge in [-0.3, -0.25) is 10.1 Å². The fraction of sp³-hybridized carbons (Fsp3) is 0.259. The number of carbonyl (C=O) groups excluding carboxylic acids is 1. The van der Waals surface area contributed by atoms with Crippen LogP contribution in [0.4, 0.5) is 13.2 Å². The average molecular weight is 515 g/mol. The molecule has 0 aliphatic heterocycles. The lowest BCUT2D eigenvalue weighted by Gasteiger charge is -2.37. The summed E-state index contributed by atoms with van der Waals surface area (Å²) in [6.45, 7) is -0.301. The molecule has 5 nitrogen and oxygen atoms in total. The van der Waals surface area contributed by atoms with Gasteiger partial charge in [-0.2, -0.15) is 0 Å². The number of amides is 1. The fourth-order valence-electron chi connectivity index (χ4n) is 4.70. The summed E-state index contributed by atoms with van der Waals surface area (Å²) in [5, 5.41) is 16.0. The van der Waals surface area contributed by atoms with Crippen LogP contribution in [0, 0.1) is 23.4 Å². The lowest BCUT2D eigenvalue weighted by atomic mass is 9.80. The summed E-state index contributed by atoms with van der Waals surface area (Å²) >= 11 is 5.42. The van der Waals surface area contributed by atoms with E-state index in [9.17, 15) is 18.7 Å². The number of aliphatic hydroxyl groups is 1. The van der Waals surface area contributed by atoms with Gasteiger partial charge in [-0.25, -0.2) is 13.2 Å². The second-order valence-corrected chi connectivity index (χ2v) is 9.13. The molecule has 0 unspecified atom stereocenters. The van der Waals surface area contributed by atoms with E-state index >= 15 is 4.39 Å². The maximum Gasteiger partial charge on any atom is 0.257 e. The van der Waals surface area contributed by atoms with Crippen molar-refractivity contribution in [2.45, 2.75) is 31.1 Å². The van der Waals surface area contributed by atoms with E-state index in [1.54, 1.807) is 48.5 Å². The number of benzene rings is 3. The number of thiocarbonyl (C=S) groups is 1. The molecule has 36 heavy (non-hydrogen) atoms. The highest BCUT2D eigenvalue weighted by molar-refractivity contribution is 7.80. The van der Waals surface area contributed by atoms with Gasteiger partial charge in [0.25, 0.3) is 5.91 Å². The molecule has 0 saturated heterocycles. The van der Waals surface area contributed by atoms with Crippen LogP contribution in [0.1, 0.15) is 34.3 Å². The van der Waals surface area contributed by atoms with Crippen LogP contribution in [0.2, 0.25) is 0 Å². The van der Waals surface area contributed by atoms with Crippen LogP contribution in [-0.4, -0.2) is 28.8 Å². The third-order valence-electron chi connectivity index (χ3n) is 6.44. The molecule has 3 aromatic rings. The molecule has 0 bridgehead atoms. The van der Waals surface area contributed by atoms with E-state index in [0.29, 0.717) is 17.5 Å². The monoisotopic (exact) mass is 514 g/mol. The predicted molar refractivity (Wildman–Crippen MR) is 132 cm³/mol. The number of ether oxygens (including phenoxy) is 1. The van der Waals surface area contributed by atoms with Gasteiger partial charge >= 0.3 is 0 Å². The molecule has 1 aliphatic carbocycles. The van der Waals surface area contributed by atoms with Crippen LogP contribution in [0.5, 0.6) is 0 Å². The molecule has 1 saturated carbocycles. The zero-order chi connectivity index (χ0) is 25.7. The molecule has 4 rings (SSSR count). The Bertz CT molecular complexity index is 1240. The Labute approximate surface area is 212 Å². The summed E-state index contributed by atoms with van der Waals surface area (Å²) in [7, 11) is 0. The second kappa shape index (κ2) is 11.2. The highest BCUT2D eigenvalue weighted by Gasteiger charge is 2.50. The van der Waals surface area contributed by atoms with Crippen LogP contribution in [0.15, 0.2) is 72.8 Å². The summed E-state index contributed by atoms with van der Waals surface area (Å²) in [5.41, 5.74) is -0.0601. The Balaban J connectivity index is 1.56. The molecule has 1 amide bonds. The first-order valence-electron chi connectivity index (χ1n) is 11.4. The minimum absolute atomic E-state index is 0.00254. The first-order chi connectivity index (χ1) is 17.3. The molecule has 0 heterocycles. The molecule has 3 N–H and O–H groups in total. The lowest BCUT2D eigenvalue weighted by molar-refractivity contribution is 0.0386. The molecule has 0 radical (unpaired) electrons. The van der Waals surface area contributed by atoms with Crippen molar-refractivity contribution in [3.05, 3.63) is 107 Å². The molecule has 0 spiro atoms. The van der Waals surface area contributed by atoms with Crippen molar-refractivity contribution >= 4 is 23.2 Å². The summed E-state index contributed by atoms with van der Waals surface area (Å²) in [4.78, 5) is 12.6. The van der Waals surface area contributed by atoms with Gasteiger partial charge in [0.05, 0.1) is 18.2 Å². The Morgan fingerprint density at radius 2 is 1.72 bits per heavy atom. The Morgan fingerprint density at radius 3 is 2.42 bits per heavy atom. The number of halogens is 3. The van der Waals surface area contributed by atoms with Gasteiger partial charge in [-0.15, -0.1) is 0 Å². The normalized spacial score (nSPS) is 21.2.